The molecule has 25 heavy (non-hydrogen) atoms. The number of carbonyl (C=O) groups is 1. The fraction of sp³-hybridized carbons (Fsp3) is 0.0588. The lowest BCUT2D eigenvalue weighted by molar-refractivity contribution is -0.115. The molecule has 1 heterocycles. The van der Waals surface area contributed by atoms with Crippen molar-refractivity contribution in [1.29, 1.82) is 0 Å². The van der Waals surface area contributed by atoms with Gasteiger partial charge in [0.15, 0.2) is 0 Å². The van der Waals surface area contributed by atoms with Gasteiger partial charge in [0.2, 0.25) is 5.91 Å². The van der Waals surface area contributed by atoms with E-state index < -0.39 is 0 Å². The average molecular weight is 416 g/mol. The van der Waals surface area contributed by atoms with Crippen LogP contribution in [0.3, 0.4) is 0 Å². The van der Waals surface area contributed by atoms with Crippen LogP contribution < -0.4 is 5.32 Å². The molecule has 8 heteroatoms. The van der Waals surface area contributed by atoms with Crippen molar-refractivity contribution in [3.05, 3.63) is 68.4 Å². The summed E-state index contributed by atoms with van der Waals surface area (Å²) in [6.07, 6.45) is 0.0776. The third-order valence-corrected chi connectivity index (χ3v) is 5.24. The van der Waals surface area contributed by atoms with Gasteiger partial charge in [0.05, 0.1) is 32.9 Å². The molecule has 0 aliphatic carbocycles. The number of aromatic nitrogens is 1. The number of nitrogens with zero attached hydrogens (tertiary/aromatic N) is 1. The number of halogens is 4. The lowest BCUT2D eigenvalue weighted by Crippen LogP contribution is -2.15. The van der Waals surface area contributed by atoms with Crippen LogP contribution in [0, 0.1) is 5.82 Å². The Hall–Kier alpha value is -1.66. The van der Waals surface area contributed by atoms with Gasteiger partial charge in [0, 0.05) is 10.9 Å². The van der Waals surface area contributed by atoms with Gasteiger partial charge in [0.1, 0.15) is 10.8 Å². The molecule has 128 valence electrons. The van der Waals surface area contributed by atoms with Crippen LogP contribution in [-0.4, -0.2) is 10.9 Å². The van der Waals surface area contributed by atoms with E-state index in [2.05, 4.69) is 10.3 Å². The van der Waals surface area contributed by atoms with Crippen molar-refractivity contribution in [2.24, 2.45) is 0 Å². The van der Waals surface area contributed by atoms with Crippen LogP contribution in [0.5, 0.6) is 0 Å². The van der Waals surface area contributed by atoms with E-state index in [-0.39, 0.29) is 18.1 Å². The molecule has 0 bridgehead atoms. The number of hydrogen-bond acceptors (Lipinski definition) is 3. The predicted molar refractivity (Wildman–Crippen MR) is 101 cm³/mol. The predicted octanol–water partition coefficient (Wildman–Crippen LogP) is 6.09. The molecule has 0 unspecified atom stereocenters. The standard InChI is InChI=1S/C17H10Cl3FN2OS/c18-12-6-14(20)15(7-13(12)19)23-16(24)5-11-8-25-17(22-11)9-1-3-10(21)4-2-9/h1-4,6-8H,5H2,(H,23,24). The van der Waals surface area contributed by atoms with Gasteiger partial charge in [-0.2, -0.15) is 0 Å². The molecule has 0 spiro atoms. The van der Waals surface area contributed by atoms with Gasteiger partial charge >= 0.3 is 0 Å². The number of amides is 1. The van der Waals surface area contributed by atoms with Crippen LogP contribution in [0.2, 0.25) is 15.1 Å². The number of thiazole rings is 1. The normalized spacial score (nSPS) is 10.7. The Labute approximate surface area is 162 Å². The molecule has 3 rings (SSSR count). The Morgan fingerprint density at radius 2 is 1.76 bits per heavy atom. The molecule has 0 aliphatic rings. The summed E-state index contributed by atoms with van der Waals surface area (Å²) in [5.41, 5.74) is 1.79. The summed E-state index contributed by atoms with van der Waals surface area (Å²) in [6.45, 7) is 0. The third-order valence-electron chi connectivity index (χ3n) is 3.27. The van der Waals surface area contributed by atoms with E-state index in [1.165, 1.54) is 35.6 Å². The zero-order chi connectivity index (χ0) is 18.0. The second kappa shape index (κ2) is 7.70. The van der Waals surface area contributed by atoms with Gasteiger partial charge < -0.3 is 5.32 Å². The highest BCUT2D eigenvalue weighted by Crippen LogP contribution is 2.32. The molecule has 1 amide bonds. The number of anilines is 1. The van der Waals surface area contributed by atoms with Crippen molar-refractivity contribution in [1.82, 2.24) is 4.98 Å². The number of rotatable bonds is 4. The van der Waals surface area contributed by atoms with Crippen molar-refractivity contribution in [3.8, 4) is 10.6 Å². The summed E-state index contributed by atoms with van der Waals surface area (Å²) >= 11 is 19.2. The van der Waals surface area contributed by atoms with E-state index in [0.29, 0.717) is 26.4 Å². The number of benzene rings is 2. The topological polar surface area (TPSA) is 42.0 Å². The molecule has 0 radical (unpaired) electrons. The second-order valence-corrected chi connectivity index (χ2v) is 7.20. The quantitative estimate of drug-likeness (QED) is 0.524. The fourth-order valence-corrected chi connectivity index (χ4v) is 3.51. The minimum absolute atomic E-state index is 0.0776. The van der Waals surface area contributed by atoms with E-state index in [1.807, 2.05) is 0 Å². The minimum Gasteiger partial charge on any atom is -0.324 e. The number of carbonyl (C=O) groups excluding carboxylic acids is 1. The van der Waals surface area contributed by atoms with Gasteiger partial charge in [-0.1, -0.05) is 34.8 Å². The maximum Gasteiger partial charge on any atom is 0.230 e. The minimum atomic E-state index is -0.307. The van der Waals surface area contributed by atoms with Crippen molar-refractivity contribution >= 4 is 57.7 Å². The van der Waals surface area contributed by atoms with Crippen LogP contribution in [-0.2, 0) is 11.2 Å². The van der Waals surface area contributed by atoms with Crippen molar-refractivity contribution in [2.45, 2.75) is 6.42 Å². The summed E-state index contributed by atoms with van der Waals surface area (Å²) in [4.78, 5) is 16.6. The monoisotopic (exact) mass is 414 g/mol. The Balaban J connectivity index is 1.70. The summed E-state index contributed by atoms with van der Waals surface area (Å²) in [7, 11) is 0. The van der Waals surface area contributed by atoms with Gasteiger partial charge in [-0.3, -0.25) is 4.79 Å². The number of hydrogen-bond donors (Lipinski definition) is 1. The first-order valence-corrected chi connectivity index (χ1v) is 9.08. The first kappa shape index (κ1) is 18.1. The van der Waals surface area contributed by atoms with E-state index in [0.717, 1.165) is 10.6 Å². The van der Waals surface area contributed by atoms with Gasteiger partial charge in [0.25, 0.3) is 0 Å². The van der Waals surface area contributed by atoms with Crippen LogP contribution in [0.25, 0.3) is 10.6 Å². The summed E-state index contributed by atoms with van der Waals surface area (Å²) < 4.78 is 13.0. The first-order chi connectivity index (χ1) is 11.9. The Morgan fingerprint density at radius 1 is 1.08 bits per heavy atom. The van der Waals surface area contributed by atoms with Crippen molar-refractivity contribution in [3.63, 3.8) is 0 Å². The molecule has 0 aliphatic heterocycles. The van der Waals surface area contributed by atoms with Crippen LogP contribution in [0.15, 0.2) is 41.8 Å². The smallest absolute Gasteiger partial charge is 0.230 e. The highest BCUT2D eigenvalue weighted by Gasteiger charge is 2.12. The van der Waals surface area contributed by atoms with Gasteiger partial charge in [-0.05, 0) is 36.4 Å². The van der Waals surface area contributed by atoms with E-state index in [1.54, 1.807) is 17.5 Å². The highest BCUT2D eigenvalue weighted by atomic mass is 35.5. The average Bonchev–Trinajstić information content (AvgIpc) is 3.01. The van der Waals surface area contributed by atoms with Gasteiger partial charge in [-0.25, -0.2) is 9.37 Å². The molecule has 1 N–H and O–H groups in total. The van der Waals surface area contributed by atoms with E-state index >= 15 is 0 Å². The third kappa shape index (κ3) is 4.50. The van der Waals surface area contributed by atoms with Crippen molar-refractivity contribution in [2.75, 3.05) is 5.32 Å². The van der Waals surface area contributed by atoms with E-state index in [4.69, 9.17) is 34.8 Å². The molecule has 1 aromatic heterocycles. The largest absolute Gasteiger partial charge is 0.324 e. The second-order valence-electron chi connectivity index (χ2n) is 5.12. The zero-order valence-corrected chi connectivity index (χ0v) is 15.6. The maximum atomic E-state index is 13.0. The Bertz CT molecular complexity index is 928. The summed E-state index contributed by atoms with van der Waals surface area (Å²) in [5, 5.41) is 6.10. The fourth-order valence-electron chi connectivity index (χ4n) is 2.09. The zero-order valence-electron chi connectivity index (χ0n) is 12.5. The molecule has 3 nitrogen and oxygen atoms in total. The lowest BCUT2D eigenvalue weighted by Gasteiger charge is -2.08. The molecule has 0 atom stereocenters. The highest BCUT2D eigenvalue weighted by molar-refractivity contribution is 7.13. The lowest BCUT2D eigenvalue weighted by atomic mass is 10.2. The SMILES string of the molecule is O=C(Cc1csc(-c2ccc(F)cc2)n1)Nc1cc(Cl)c(Cl)cc1Cl. The molecule has 0 fully saturated rings. The molecule has 3 aromatic rings. The molecular weight excluding hydrogens is 406 g/mol. The number of nitrogens with one attached hydrogen (secondary N) is 1. The first-order valence-electron chi connectivity index (χ1n) is 7.07. The van der Waals surface area contributed by atoms with Crippen LogP contribution >= 0.6 is 46.1 Å². The van der Waals surface area contributed by atoms with Crippen molar-refractivity contribution < 1.29 is 9.18 Å². The van der Waals surface area contributed by atoms with E-state index in [9.17, 15) is 9.18 Å². The molecule has 0 saturated carbocycles. The Kier molecular flexibility index (Phi) is 5.59. The van der Waals surface area contributed by atoms with Crippen LogP contribution in [0.1, 0.15) is 5.69 Å². The molecule has 0 saturated heterocycles. The Morgan fingerprint density at radius 3 is 2.48 bits per heavy atom. The molecular formula is C17H10Cl3FN2OS. The molecule has 2 aromatic carbocycles. The maximum absolute atomic E-state index is 13.0. The summed E-state index contributed by atoms with van der Waals surface area (Å²) in [5.74, 6) is -0.588. The van der Waals surface area contributed by atoms with Crippen LogP contribution in [0.4, 0.5) is 10.1 Å². The summed E-state index contributed by atoms with van der Waals surface area (Å²) in [6, 6.07) is 9.00. The van der Waals surface area contributed by atoms with Gasteiger partial charge in [-0.15, -0.1) is 11.3 Å².